The molecule has 5 rings (SSSR count). The number of aromatic nitrogens is 1. The lowest BCUT2D eigenvalue weighted by atomic mass is 9.95. The van der Waals surface area contributed by atoms with Crippen molar-refractivity contribution in [1.82, 2.24) is 15.2 Å². The number of anilines is 1. The summed E-state index contributed by atoms with van der Waals surface area (Å²) < 4.78 is 5.28. The van der Waals surface area contributed by atoms with Crippen LogP contribution in [0.2, 0.25) is 0 Å². The van der Waals surface area contributed by atoms with Crippen LogP contribution < -0.4 is 15.8 Å². The molecule has 0 spiro atoms. The van der Waals surface area contributed by atoms with Crippen LogP contribution in [0.1, 0.15) is 39.9 Å². The molecule has 0 atom stereocenters. The molecule has 0 unspecified atom stereocenters. The van der Waals surface area contributed by atoms with E-state index in [9.17, 15) is 4.79 Å². The molecule has 1 aliphatic carbocycles. The third-order valence-corrected chi connectivity index (χ3v) is 6.17. The summed E-state index contributed by atoms with van der Waals surface area (Å²) in [6, 6.07) is 11.6. The third kappa shape index (κ3) is 4.55. The number of methoxy groups -OCH3 is 1. The summed E-state index contributed by atoms with van der Waals surface area (Å²) in [5.74, 6) is 0.373. The highest BCUT2D eigenvalue weighted by Gasteiger charge is 2.47. The van der Waals surface area contributed by atoms with Gasteiger partial charge in [-0.05, 0) is 79.1 Å². The van der Waals surface area contributed by atoms with E-state index in [2.05, 4.69) is 47.2 Å². The fraction of sp³-hybridized carbons (Fsp3) is 0.259. The van der Waals surface area contributed by atoms with Crippen molar-refractivity contribution < 1.29 is 9.53 Å². The van der Waals surface area contributed by atoms with E-state index in [0.717, 1.165) is 47.0 Å². The van der Waals surface area contributed by atoms with Gasteiger partial charge < -0.3 is 20.7 Å². The summed E-state index contributed by atoms with van der Waals surface area (Å²) >= 11 is 0. The summed E-state index contributed by atoms with van der Waals surface area (Å²) in [6.07, 6.45) is 9.54. The molecule has 6 heteroatoms. The van der Waals surface area contributed by atoms with Crippen LogP contribution in [-0.4, -0.2) is 36.5 Å². The predicted molar refractivity (Wildman–Crippen MR) is 134 cm³/mol. The number of pyridine rings is 1. The van der Waals surface area contributed by atoms with E-state index >= 15 is 0 Å². The summed E-state index contributed by atoms with van der Waals surface area (Å²) in [5, 5.41) is 4.31. The van der Waals surface area contributed by atoms with Gasteiger partial charge in [0.2, 0.25) is 0 Å². The van der Waals surface area contributed by atoms with E-state index in [-0.39, 0.29) is 5.91 Å². The zero-order chi connectivity index (χ0) is 23.6. The van der Waals surface area contributed by atoms with Gasteiger partial charge in [0, 0.05) is 30.7 Å². The maximum atomic E-state index is 13.1. The number of nitrogens with two attached hydrogens (primary N) is 1. The van der Waals surface area contributed by atoms with Crippen molar-refractivity contribution in [3.8, 4) is 5.75 Å². The van der Waals surface area contributed by atoms with Gasteiger partial charge in [0.05, 0.1) is 23.9 Å². The van der Waals surface area contributed by atoms with Crippen molar-refractivity contribution in [3.63, 3.8) is 0 Å². The molecule has 1 aliphatic heterocycles. The fourth-order valence-electron chi connectivity index (χ4n) is 4.04. The Bertz CT molecular complexity index is 1240. The first-order valence-electron chi connectivity index (χ1n) is 11.0. The Morgan fingerprint density at radius 1 is 1.30 bits per heavy atom. The van der Waals surface area contributed by atoms with Crippen LogP contribution in [0.4, 0.5) is 5.69 Å². The largest absolute Gasteiger partial charge is 0.495 e. The highest BCUT2D eigenvalue weighted by Crippen LogP contribution is 2.48. The highest BCUT2D eigenvalue weighted by atomic mass is 16.5. The van der Waals surface area contributed by atoms with Gasteiger partial charge >= 0.3 is 0 Å². The number of ether oxygens (including phenoxy) is 1. The van der Waals surface area contributed by atoms with Crippen LogP contribution in [0.25, 0.3) is 17.0 Å². The van der Waals surface area contributed by atoms with Gasteiger partial charge in [-0.1, -0.05) is 18.7 Å². The lowest BCUT2D eigenvalue weighted by Gasteiger charge is -2.21. The van der Waals surface area contributed by atoms with Crippen molar-refractivity contribution in [3.05, 3.63) is 83.7 Å². The Kier molecular flexibility index (Phi) is 6.09. The number of nitrogens with zero attached hydrogens (tertiary/aromatic N) is 2. The van der Waals surface area contributed by atoms with Gasteiger partial charge in [-0.25, -0.2) is 0 Å². The number of benzene rings is 2. The summed E-state index contributed by atoms with van der Waals surface area (Å²) in [6.45, 7) is 6.90. The number of nitrogen functional groups attached to an aromatic ring is 1. The standard InChI is InChI=1S/C23H23N3O2.C4H7N/c1-4-15-11-18(16-6-5-9-25-20(16)12-15)23(7-8-23)26-22(27)17-13-21(28-3)19(24)10-14(17)2;1-5-3-2-4-5/h4-6,9-13H,1,7-8,24H2,2-3H3,(H,26,27);2-3H,4H2,1H3. The molecule has 1 fully saturated rings. The van der Waals surface area contributed by atoms with Gasteiger partial charge in [0.1, 0.15) is 5.75 Å². The third-order valence-electron chi connectivity index (χ3n) is 6.17. The van der Waals surface area contributed by atoms with Crippen LogP contribution in [0, 0.1) is 6.92 Å². The number of fused-ring (bicyclic) bond motifs is 1. The van der Waals surface area contributed by atoms with Crippen molar-refractivity contribution >= 4 is 28.6 Å². The average Bonchev–Trinajstić information content (AvgIpc) is 3.57. The monoisotopic (exact) mass is 442 g/mol. The van der Waals surface area contributed by atoms with E-state index in [1.807, 2.05) is 31.2 Å². The lowest BCUT2D eigenvalue weighted by Crippen LogP contribution is -2.35. The Balaban J connectivity index is 0.000000459. The van der Waals surface area contributed by atoms with Gasteiger partial charge in [0.25, 0.3) is 5.91 Å². The number of amides is 1. The minimum atomic E-state index is -0.390. The van der Waals surface area contributed by atoms with Crippen molar-refractivity contribution in [2.75, 3.05) is 26.4 Å². The molecule has 0 bridgehead atoms. The second kappa shape index (κ2) is 8.98. The lowest BCUT2D eigenvalue weighted by molar-refractivity contribution is 0.0930. The Hall–Kier alpha value is -3.80. The number of carbonyl (C=O) groups excluding carboxylic acids is 1. The molecule has 1 amide bonds. The topological polar surface area (TPSA) is 80.5 Å². The molecule has 0 radical (unpaired) electrons. The van der Waals surface area contributed by atoms with Crippen LogP contribution in [0.15, 0.2) is 61.4 Å². The first-order valence-corrected chi connectivity index (χ1v) is 11.0. The molecule has 170 valence electrons. The molecule has 2 aromatic carbocycles. The SMILES string of the molecule is C=Cc1cc(C2(NC(=O)c3cc(OC)c(N)cc3C)CC2)c2cccnc2c1.CN1C=CC1. The predicted octanol–water partition coefficient (Wildman–Crippen LogP) is 4.64. The number of hydrogen-bond donors (Lipinski definition) is 2. The van der Waals surface area contributed by atoms with E-state index in [0.29, 0.717) is 17.0 Å². The minimum Gasteiger partial charge on any atom is -0.495 e. The molecule has 1 aromatic heterocycles. The van der Waals surface area contributed by atoms with Crippen molar-refractivity contribution in [1.29, 1.82) is 0 Å². The first-order chi connectivity index (χ1) is 15.9. The summed E-state index contributed by atoms with van der Waals surface area (Å²) in [4.78, 5) is 19.7. The van der Waals surface area contributed by atoms with Gasteiger partial charge in [-0.2, -0.15) is 0 Å². The number of aryl methyl sites for hydroxylation is 1. The molecule has 0 saturated heterocycles. The Morgan fingerprint density at radius 2 is 2.03 bits per heavy atom. The van der Waals surface area contributed by atoms with Crippen LogP contribution >= 0.6 is 0 Å². The van der Waals surface area contributed by atoms with Gasteiger partial charge in [-0.3, -0.25) is 9.78 Å². The number of nitrogens with one attached hydrogen (secondary N) is 1. The molecule has 6 nitrogen and oxygen atoms in total. The fourth-order valence-corrected chi connectivity index (χ4v) is 4.04. The van der Waals surface area contributed by atoms with E-state index in [4.69, 9.17) is 10.5 Å². The molecular formula is C27H30N4O2. The quantitative estimate of drug-likeness (QED) is 0.563. The Morgan fingerprint density at radius 3 is 2.61 bits per heavy atom. The molecular weight excluding hydrogens is 412 g/mol. The van der Waals surface area contributed by atoms with E-state index in [1.165, 1.54) is 0 Å². The normalized spacial score (nSPS) is 15.2. The second-order valence-electron chi connectivity index (χ2n) is 8.61. The molecule has 2 aliphatic rings. The summed E-state index contributed by atoms with van der Waals surface area (Å²) in [5.41, 5.74) is 10.5. The van der Waals surface area contributed by atoms with Gasteiger partial charge in [0.15, 0.2) is 0 Å². The smallest absolute Gasteiger partial charge is 0.252 e. The van der Waals surface area contributed by atoms with E-state index < -0.39 is 5.54 Å². The first kappa shape index (κ1) is 22.4. The molecule has 2 heterocycles. The zero-order valence-electron chi connectivity index (χ0n) is 19.4. The van der Waals surface area contributed by atoms with E-state index in [1.54, 1.807) is 25.4 Å². The van der Waals surface area contributed by atoms with Crippen molar-refractivity contribution in [2.24, 2.45) is 0 Å². The molecule has 33 heavy (non-hydrogen) atoms. The number of rotatable bonds is 5. The maximum Gasteiger partial charge on any atom is 0.252 e. The molecule has 1 saturated carbocycles. The molecule has 3 N–H and O–H groups in total. The van der Waals surface area contributed by atoms with Crippen LogP contribution in [0.3, 0.4) is 0 Å². The highest BCUT2D eigenvalue weighted by molar-refractivity contribution is 5.98. The average molecular weight is 443 g/mol. The Labute approximate surface area is 194 Å². The van der Waals surface area contributed by atoms with Crippen molar-refractivity contribution in [2.45, 2.75) is 25.3 Å². The number of carbonyl (C=O) groups is 1. The number of likely N-dealkylation sites (N-methyl/N-ethyl adjacent to an activating group) is 1. The number of hydrogen-bond acceptors (Lipinski definition) is 5. The summed E-state index contributed by atoms with van der Waals surface area (Å²) in [7, 11) is 3.60. The van der Waals surface area contributed by atoms with Crippen LogP contribution in [0.5, 0.6) is 5.75 Å². The molecule has 3 aromatic rings. The second-order valence-corrected chi connectivity index (χ2v) is 8.61. The van der Waals surface area contributed by atoms with Gasteiger partial charge in [-0.15, -0.1) is 0 Å². The van der Waals surface area contributed by atoms with Crippen LogP contribution in [-0.2, 0) is 5.54 Å². The minimum absolute atomic E-state index is 0.130. The zero-order valence-corrected chi connectivity index (χ0v) is 19.4. The maximum absolute atomic E-state index is 13.1.